The molecule has 1 fully saturated rings. The molecule has 2 N–H and O–H groups in total. The number of halogens is 1. The molecular weight excluding hydrogens is 259 g/mol. The summed E-state index contributed by atoms with van der Waals surface area (Å²) >= 11 is 0. The van der Waals surface area contributed by atoms with Gasteiger partial charge in [0, 0.05) is 20.1 Å². The number of nitrogens with zero attached hydrogens (tertiary/aromatic N) is 1. The number of hydrogen-bond acceptors (Lipinski definition) is 4. The molecule has 0 aliphatic carbocycles. The van der Waals surface area contributed by atoms with Gasteiger partial charge in [-0.15, -0.1) is 0 Å². The number of sulfonamides is 1. The number of nitrogens with one attached hydrogen (secondary N) is 1. The third-order valence-corrected chi connectivity index (χ3v) is 4.97. The van der Waals surface area contributed by atoms with E-state index in [0.717, 1.165) is 10.4 Å². The van der Waals surface area contributed by atoms with Crippen LogP contribution in [0.5, 0.6) is 0 Å². The van der Waals surface area contributed by atoms with E-state index in [1.807, 2.05) is 0 Å². The molecule has 1 aromatic carbocycles. The minimum atomic E-state index is -3.78. The molecule has 0 radical (unpaired) electrons. The van der Waals surface area contributed by atoms with Gasteiger partial charge in [-0.3, -0.25) is 0 Å². The van der Waals surface area contributed by atoms with Crippen LogP contribution in [0.3, 0.4) is 0 Å². The quantitative estimate of drug-likeness (QED) is 0.799. The predicted molar refractivity (Wildman–Crippen MR) is 64.0 cm³/mol. The first-order valence-electron chi connectivity index (χ1n) is 5.55. The van der Waals surface area contributed by atoms with E-state index in [2.05, 4.69) is 5.32 Å². The fourth-order valence-corrected chi connectivity index (χ4v) is 3.41. The molecule has 0 bridgehead atoms. The summed E-state index contributed by atoms with van der Waals surface area (Å²) in [5, 5.41) is 12.6. The van der Waals surface area contributed by atoms with E-state index in [0.29, 0.717) is 13.1 Å². The first-order valence-corrected chi connectivity index (χ1v) is 6.99. The van der Waals surface area contributed by atoms with E-state index < -0.39 is 28.0 Å². The molecule has 18 heavy (non-hydrogen) atoms. The van der Waals surface area contributed by atoms with Gasteiger partial charge >= 0.3 is 0 Å². The van der Waals surface area contributed by atoms with Crippen LogP contribution in [0.25, 0.3) is 0 Å². The summed E-state index contributed by atoms with van der Waals surface area (Å²) in [6, 6.07) is 4.31. The number of β-amino-alcohol motifs (C(OH)–C–C–N with tert-alkyl or cyclic N) is 1. The molecule has 1 aliphatic rings. The van der Waals surface area contributed by atoms with E-state index in [9.17, 15) is 17.9 Å². The molecule has 2 atom stereocenters. The maximum absolute atomic E-state index is 13.1. The van der Waals surface area contributed by atoms with Crippen molar-refractivity contribution < 1.29 is 17.9 Å². The second-order valence-corrected chi connectivity index (χ2v) is 6.27. The molecule has 7 heteroatoms. The Hall–Kier alpha value is -1.02. The number of benzene rings is 1. The van der Waals surface area contributed by atoms with E-state index in [-0.39, 0.29) is 4.90 Å². The first-order chi connectivity index (χ1) is 8.43. The van der Waals surface area contributed by atoms with Crippen LogP contribution in [0.2, 0.25) is 0 Å². The smallest absolute Gasteiger partial charge is 0.243 e. The Labute approximate surface area is 105 Å². The van der Waals surface area contributed by atoms with Crippen molar-refractivity contribution in [3.05, 3.63) is 30.1 Å². The average Bonchev–Trinajstić information content (AvgIpc) is 2.74. The van der Waals surface area contributed by atoms with Crippen molar-refractivity contribution in [1.82, 2.24) is 9.62 Å². The number of hydrogen-bond donors (Lipinski definition) is 2. The summed E-state index contributed by atoms with van der Waals surface area (Å²) in [4.78, 5) is -0.107. The van der Waals surface area contributed by atoms with Crippen molar-refractivity contribution in [1.29, 1.82) is 0 Å². The Bertz CT molecular complexity index is 535. The fraction of sp³-hybridized carbons (Fsp3) is 0.455. The Morgan fingerprint density at radius 1 is 1.44 bits per heavy atom. The van der Waals surface area contributed by atoms with Crippen LogP contribution in [0.4, 0.5) is 4.39 Å². The molecule has 0 spiro atoms. The van der Waals surface area contributed by atoms with Gasteiger partial charge in [0.1, 0.15) is 5.82 Å². The summed E-state index contributed by atoms with van der Waals surface area (Å²) < 4.78 is 38.6. The van der Waals surface area contributed by atoms with Gasteiger partial charge in [0.2, 0.25) is 10.0 Å². The molecule has 100 valence electrons. The van der Waals surface area contributed by atoms with Gasteiger partial charge < -0.3 is 10.4 Å². The third-order valence-electron chi connectivity index (χ3n) is 3.09. The largest absolute Gasteiger partial charge is 0.390 e. The molecule has 0 amide bonds. The average molecular weight is 274 g/mol. The number of aliphatic hydroxyl groups is 1. The lowest BCUT2D eigenvalue weighted by Gasteiger charge is -2.25. The molecule has 1 aromatic rings. The molecular formula is C11H15FN2O3S. The summed E-state index contributed by atoms with van der Waals surface area (Å²) in [5.74, 6) is -0.602. The number of likely N-dealkylation sites (N-methyl/N-ethyl adjacent to an activating group) is 1. The van der Waals surface area contributed by atoms with Crippen LogP contribution < -0.4 is 5.32 Å². The molecule has 0 aromatic heterocycles. The zero-order valence-electron chi connectivity index (χ0n) is 9.88. The zero-order valence-corrected chi connectivity index (χ0v) is 10.7. The van der Waals surface area contributed by atoms with Crippen molar-refractivity contribution in [3.8, 4) is 0 Å². The Morgan fingerprint density at radius 2 is 2.17 bits per heavy atom. The molecule has 0 saturated carbocycles. The lowest BCUT2D eigenvalue weighted by Crippen LogP contribution is -2.44. The van der Waals surface area contributed by atoms with E-state index in [4.69, 9.17) is 0 Å². The highest BCUT2D eigenvalue weighted by molar-refractivity contribution is 7.89. The van der Waals surface area contributed by atoms with Crippen LogP contribution in [-0.2, 0) is 10.0 Å². The first kappa shape index (κ1) is 13.4. The van der Waals surface area contributed by atoms with Crippen LogP contribution in [0, 0.1) is 5.82 Å². The van der Waals surface area contributed by atoms with Gasteiger partial charge in [0.05, 0.1) is 17.0 Å². The Balaban J connectivity index is 2.31. The van der Waals surface area contributed by atoms with Gasteiger partial charge in [0.15, 0.2) is 0 Å². The van der Waals surface area contributed by atoms with Crippen LogP contribution in [0.15, 0.2) is 29.2 Å². The van der Waals surface area contributed by atoms with E-state index in [1.165, 1.54) is 25.2 Å². The van der Waals surface area contributed by atoms with Gasteiger partial charge in [0.25, 0.3) is 0 Å². The highest BCUT2D eigenvalue weighted by Gasteiger charge is 2.35. The lowest BCUT2D eigenvalue weighted by molar-refractivity contribution is 0.136. The Morgan fingerprint density at radius 3 is 2.72 bits per heavy atom. The second kappa shape index (κ2) is 4.93. The predicted octanol–water partition coefficient (Wildman–Crippen LogP) is -0.221. The highest BCUT2D eigenvalue weighted by atomic mass is 32.2. The normalized spacial score (nSPS) is 24.7. The number of rotatable bonds is 3. The van der Waals surface area contributed by atoms with Crippen molar-refractivity contribution in [2.45, 2.75) is 17.0 Å². The summed E-state index contributed by atoms with van der Waals surface area (Å²) in [5.41, 5.74) is 0. The maximum Gasteiger partial charge on any atom is 0.243 e. The summed E-state index contributed by atoms with van der Waals surface area (Å²) in [6.45, 7) is 0.736. The van der Waals surface area contributed by atoms with Gasteiger partial charge in [-0.1, -0.05) is 6.07 Å². The SMILES string of the molecule is CN([C@@H]1CNC[C@H]1O)S(=O)(=O)c1cccc(F)c1. The number of aliphatic hydroxyl groups excluding tert-OH is 1. The Kier molecular flexibility index (Phi) is 3.67. The van der Waals surface area contributed by atoms with Crippen molar-refractivity contribution in [2.24, 2.45) is 0 Å². The fourth-order valence-electron chi connectivity index (χ4n) is 1.99. The van der Waals surface area contributed by atoms with Crippen LogP contribution >= 0.6 is 0 Å². The topological polar surface area (TPSA) is 69.6 Å². The zero-order chi connectivity index (χ0) is 13.3. The monoisotopic (exact) mass is 274 g/mol. The van der Waals surface area contributed by atoms with Crippen LogP contribution in [0.1, 0.15) is 0 Å². The lowest BCUT2D eigenvalue weighted by atomic mass is 10.2. The maximum atomic E-state index is 13.1. The molecule has 1 heterocycles. The van der Waals surface area contributed by atoms with Crippen LogP contribution in [-0.4, -0.2) is 50.1 Å². The highest BCUT2D eigenvalue weighted by Crippen LogP contribution is 2.20. The van der Waals surface area contributed by atoms with E-state index >= 15 is 0 Å². The van der Waals surface area contributed by atoms with Gasteiger partial charge in [-0.2, -0.15) is 4.31 Å². The standard InChI is InChI=1S/C11H15FN2O3S/c1-14(10-6-13-7-11(10)15)18(16,17)9-4-2-3-8(12)5-9/h2-5,10-11,13,15H,6-7H2,1H3/t10-,11-/m1/s1. The van der Waals surface area contributed by atoms with Crippen molar-refractivity contribution >= 4 is 10.0 Å². The second-order valence-electron chi connectivity index (χ2n) is 4.27. The van der Waals surface area contributed by atoms with Gasteiger partial charge in [-0.05, 0) is 18.2 Å². The minimum absolute atomic E-state index is 0.107. The molecule has 0 unspecified atom stereocenters. The molecule has 2 rings (SSSR count). The summed E-state index contributed by atoms with van der Waals surface area (Å²) in [6.07, 6.45) is -0.752. The van der Waals surface area contributed by atoms with Crippen molar-refractivity contribution in [2.75, 3.05) is 20.1 Å². The molecule has 5 nitrogen and oxygen atoms in total. The van der Waals surface area contributed by atoms with E-state index in [1.54, 1.807) is 0 Å². The molecule has 1 aliphatic heterocycles. The van der Waals surface area contributed by atoms with Crippen molar-refractivity contribution in [3.63, 3.8) is 0 Å². The van der Waals surface area contributed by atoms with Gasteiger partial charge in [-0.25, -0.2) is 12.8 Å². The molecule has 1 saturated heterocycles. The summed E-state index contributed by atoms with van der Waals surface area (Å²) in [7, 11) is -2.39. The minimum Gasteiger partial charge on any atom is -0.390 e. The third kappa shape index (κ3) is 2.39.